The molecule has 1 fully saturated rings. The van der Waals surface area contributed by atoms with Gasteiger partial charge in [0, 0.05) is 49.3 Å². The molecule has 0 spiro atoms. The van der Waals surface area contributed by atoms with E-state index in [-0.39, 0.29) is 69.1 Å². The number of nitrogens with zero attached hydrogens (tertiary/aromatic N) is 2. The van der Waals surface area contributed by atoms with E-state index in [1.807, 2.05) is 39.0 Å². The lowest BCUT2D eigenvalue weighted by Crippen LogP contribution is -2.69. The minimum Gasteiger partial charge on any atom is -0.489 e. The number of rotatable bonds is 17. The van der Waals surface area contributed by atoms with Gasteiger partial charge in [0.1, 0.15) is 35.6 Å². The summed E-state index contributed by atoms with van der Waals surface area (Å²) >= 11 is 0. The average molecular weight is 813 g/mol. The van der Waals surface area contributed by atoms with Crippen LogP contribution in [-0.4, -0.2) is 77.8 Å². The number of aliphatic hydroxyl groups excluding tert-OH is 2. The molecule has 0 aromatic heterocycles. The molecular formula is C47H57FN2O9. The third-order valence-corrected chi connectivity index (χ3v) is 11.8. The lowest BCUT2D eigenvalue weighted by atomic mass is 9.55. The number of oxime groups is 1. The van der Waals surface area contributed by atoms with Crippen molar-refractivity contribution in [1.29, 1.82) is 0 Å². The number of aliphatic hydroxyl groups is 2. The second kappa shape index (κ2) is 18.1. The Hall–Kier alpha value is -4.91. The van der Waals surface area contributed by atoms with Gasteiger partial charge in [-0.15, -0.1) is 6.58 Å². The van der Waals surface area contributed by atoms with Crippen LogP contribution in [0.5, 0.6) is 23.0 Å². The number of amides is 1. The number of allylic oxidation sites excluding steroid dienone is 1. The van der Waals surface area contributed by atoms with Gasteiger partial charge in [-0.05, 0) is 106 Å². The molecule has 1 saturated carbocycles. The Morgan fingerprint density at radius 1 is 1.00 bits per heavy atom. The van der Waals surface area contributed by atoms with Crippen LogP contribution in [0.1, 0.15) is 93.1 Å². The Labute approximate surface area is 346 Å². The first-order valence-electron chi connectivity index (χ1n) is 20.8. The molecule has 7 rings (SSSR count). The molecule has 1 amide bonds. The Kier molecular flexibility index (Phi) is 13.0. The van der Waals surface area contributed by atoms with Crippen LogP contribution in [0.25, 0.3) is 0 Å². The molecule has 2 heterocycles. The summed E-state index contributed by atoms with van der Waals surface area (Å²) in [6.07, 6.45) is 8.76. The second-order valence-corrected chi connectivity index (χ2v) is 16.8. The van der Waals surface area contributed by atoms with Gasteiger partial charge >= 0.3 is 0 Å². The van der Waals surface area contributed by atoms with Crippen molar-refractivity contribution in [2.75, 3.05) is 33.7 Å². The van der Waals surface area contributed by atoms with E-state index in [4.69, 9.17) is 33.7 Å². The molecule has 2 aliphatic heterocycles. The number of carbonyl (C=O) groups is 1. The Morgan fingerprint density at radius 2 is 1.75 bits per heavy atom. The van der Waals surface area contributed by atoms with Gasteiger partial charge in [0.2, 0.25) is 12.6 Å². The van der Waals surface area contributed by atoms with E-state index >= 15 is 0 Å². The van der Waals surface area contributed by atoms with Crippen LogP contribution < -0.4 is 18.9 Å². The lowest BCUT2D eigenvalue weighted by molar-refractivity contribution is -0.252. The molecule has 0 saturated heterocycles. The fourth-order valence-electron chi connectivity index (χ4n) is 9.16. The number of benzene rings is 3. The van der Waals surface area contributed by atoms with Crippen LogP contribution in [0.3, 0.4) is 0 Å². The molecule has 59 heavy (non-hydrogen) atoms. The van der Waals surface area contributed by atoms with Crippen molar-refractivity contribution in [2.45, 2.75) is 95.7 Å². The molecule has 2 aliphatic carbocycles. The number of fused-ring (bicyclic) bond motifs is 3. The smallest absolute Gasteiger partial charge is 0.254 e. The first-order valence-corrected chi connectivity index (χ1v) is 20.8. The van der Waals surface area contributed by atoms with Crippen LogP contribution in [0, 0.1) is 23.6 Å². The number of unbranched alkanes of at least 4 members (excludes halogenated alkanes) is 2. The summed E-state index contributed by atoms with van der Waals surface area (Å²) in [7, 11) is 1.76. The summed E-state index contributed by atoms with van der Waals surface area (Å²) in [6.45, 7) is 10.3. The number of carbonyl (C=O) groups excluding carboxylic acids is 1. The maximum atomic E-state index is 14.7. The zero-order chi connectivity index (χ0) is 41.7. The summed E-state index contributed by atoms with van der Waals surface area (Å²) in [4.78, 5) is 22.6. The number of hydrogen-bond donors (Lipinski definition) is 2. The molecule has 6 atom stereocenters. The van der Waals surface area contributed by atoms with Crippen molar-refractivity contribution in [2.24, 2.45) is 22.9 Å². The third-order valence-electron chi connectivity index (χ3n) is 11.8. The van der Waals surface area contributed by atoms with Gasteiger partial charge in [-0.1, -0.05) is 48.3 Å². The van der Waals surface area contributed by atoms with Crippen molar-refractivity contribution < 1.29 is 47.9 Å². The predicted molar refractivity (Wildman–Crippen MR) is 221 cm³/mol. The van der Waals surface area contributed by atoms with Crippen molar-refractivity contribution in [3.63, 3.8) is 0 Å². The van der Waals surface area contributed by atoms with Gasteiger partial charge in [-0.3, -0.25) is 4.79 Å². The van der Waals surface area contributed by atoms with Crippen LogP contribution in [0.4, 0.5) is 4.39 Å². The fourth-order valence-corrected chi connectivity index (χ4v) is 9.16. The highest BCUT2D eigenvalue weighted by atomic mass is 19.1. The van der Waals surface area contributed by atoms with Crippen LogP contribution in [-0.2, 0) is 16.2 Å². The molecule has 0 unspecified atom stereocenters. The summed E-state index contributed by atoms with van der Waals surface area (Å²) in [6, 6.07) is 16.7. The van der Waals surface area contributed by atoms with Gasteiger partial charge in [-0.2, -0.15) is 0 Å². The molecular weight excluding hydrogens is 756 g/mol. The van der Waals surface area contributed by atoms with Gasteiger partial charge in [0.15, 0.2) is 11.5 Å². The molecule has 2 N–H and O–H groups in total. The van der Waals surface area contributed by atoms with E-state index in [9.17, 15) is 19.4 Å². The van der Waals surface area contributed by atoms with Crippen molar-refractivity contribution in [3.05, 3.63) is 107 Å². The van der Waals surface area contributed by atoms with Crippen LogP contribution in [0.15, 0.2) is 90.1 Å². The minimum atomic E-state index is -1.42. The number of halogens is 1. The average Bonchev–Trinajstić information content (AvgIpc) is 3.70. The largest absolute Gasteiger partial charge is 0.489 e. The highest BCUT2D eigenvalue weighted by molar-refractivity contribution is 6.03. The van der Waals surface area contributed by atoms with Gasteiger partial charge < -0.3 is 43.6 Å². The van der Waals surface area contributed by atoms with Crippen molar-refractivity contribution >= 4 is 11.6 Å². The van der Waals surface area contributed by atoms with Crippen LogP contribution in [0.2, 0.25) is 0 Å². The van der Waals surface area contributed by atoms with Gasteiger partial charge in [0.05, 0.1) is 18.2 Å². The van der Waals surface area contributed by atoms with Crippen molar-refractivity contribution in [3.8, 4) is 23.0 Å². The molecule has 3 aromatic carbocycles. The number of likely N-dealkylation sites (N-methyl/N-ethyl adjacent to an activating group) is 1. The van der Waals surface area contributed by atoms with Crippen LogP contribution >= 0.6 is 0 Å². The maximum Gasteiger partial charge on any atom is 0.254 e. The summed E-state index contributed by atoms with van der Waals surface area (Å²) in [5.41, 5.74) is 2.79. The third kappa shape index (κ3) is 8.86. The van der Waals surface area contributed by atoms with E-state index < -0.39 is 23.3 Å². The van der Waals surface area contributed by atoms with E-state index in [1.165, 1.54) is 6.07 Å². The normalized spacial score (nSPS) is 24.7. The molecule has 0 bridgehead atoms. The molecule has 4 aliphatic rings. The maximum absolute atomic E-state index is 14.7. The zero-order valence-electron chi connectivity index (χ0n) is 34.5. The van der Waals surface area contributed by atoms with Gasteiger partial charge in [0.25, 0.3) is 5.91 Å². The number of hydrogen-bond acceptors (Lipinski definition) is 10. The monoisotopic (exact) mass is 812 g/mol. The van der Waals surface area contributed by atoms with E-state index in [0.29, 0.717) is 52.7 Å². The quantitative estimate of drug-likeness (QED) is 0.0786. The highest BCUT2D eigenvalue weighted by Crippen LogP contribution is 2.62. The van der Waals surface area contributed by atoms with E-state index in [2.05, 4.69) is 12.7 Å². The molecule has 11 nitrogen and oxygen atoms in total. The molecule has 0 radical (unpaired) electrons. The standard InChI is InChI=1S/C47H57FN2O9/c1-6-23-57-47-42(50(5)45(53)31-17-19-40-41(25-31)56-29-55-40)27-38(49-59-46(2,3)4)35-24-30(13-9-11-21-51)34(15-10-12-22-52)43(44(35)47)36-26-33(18-20-39(36)58-47)54-28-32-14-7-8-16-37(32)48/h6-8,14,16-20,24-26,30,34,42-44,51-52H,1,9-13,15,21-23,27-29H2,2-5H3/t30-,34+,42-,43+,44+,47+/m0/s1. The first-order chi connectivity index (χ1) is 28.5. The SMILES string of the molecule is C=CCO[C@@]12Oc3ccc(OCc4ccccc4F)cc3[C@H]3[C@H](CCCCO)[C@@H](CCCCO)C=C(C(=NOC(C)(C)C)C[C@@H]1N(C)C(=O)c1ccc4c(c1)OCO4)[C@H]32. The first kappa shape index (κ1) is 42.2. The molecule has 3 aromatic rings. The van der Waals surface area contributed by atoms with Gasteiger partial charge in [-0.25, -0.2) is 4.39 Å². The predicted octanol–water partition coefficient (Wildman–Crippen LogP) is 8.34. The highest BCUT2D eigenvalue weighted by Gasteiger charge is 2.65. The Morgan fingerprint density at radius 3 is 2.49 bits per heavy atom. The molecule has 316 valence electrons. The summed E-state index contributed by atoms with van der Waals surface area (Å²) in [5, 5.41) is 24.6. The van der Waals surface area contributed by atoms with E-state index in [0.717, 1.165) is 36.8 Å². The minimum absolute atomic E-state index is 0.0311. The lowest BCUT2D eigenvalue weighted by Gasteiger charge is -2.59. The topological polar surface area (TPSA) is 129 Å². The molecule has 12 heteroatoms. The fraction of sp³-hybridized carbons (Fsp3) is 0.489. The zero-order valence-corrected chi connectivity index (χ0v) is 34.5. The number of ether oxygens (including phenoxy) is 5. The van der Waals surface area contributed by atoms with E-state index in [1.54, 1.807) is 54.4 Å². The second-order valence-electron chi connectivity index (χ2n) is 16.8. The summed E-state index contributed by atoms with van der Waals surface area (Å²) < 4.78 is 46.4. The Balaban J connectivity index is 1.41. The summed E-state index contributed by atoms with van der Waals surface area (Å²) in [5.74, 6) is -0.432. The van der Waals surface area contributed by atoms with Crippen molar-refractivity contribution in [1.82, 2.24) is 4.90 Å². The Bertz CT molecular complexity index is 2050.